The van der Waals surface area contributed by atoms with E-state index in [9.17, 15) is 31.4 Å². The molecule has 1 aromatic rings. The minimum absolute atomic E-state index is 0.101. The smallest absolute Gasteiger partial charge is 0.387 e. The van der Waals surface area contributed by atoms with Crippen molar-refractivity contribution in [2.45, 2.75) is 44.1 Å². The molecule has 1 aliphatic rings. The number of aromatic nitrogens is 1. The highest BCUT2D eigenvalue weighted by molar-refractivity contribution is 7.11. The maximum absolute atomic E-state index is 13.0. The minimum Gasteiger partial charge on any atom is -0.387 e. The molecular weight excluding hydrogens is 320 g/mol. The van der Waals surface area contributed by atoms with Crippen molar-refractivity contribution in [3.05, 3.63) is 16.1 Å². The van der Waals surface area contributed by atoms with Gasteiger partial charge in [-0.3, -0.25) is 0 Å². The maximum Gasteiger partial charge on any atom is 0.443 e. The Kier molecular flexibility index (Phi) is 4.53. The second kappa shape index (κ2) is 5.75. The Balaban J connectivity index is 2.21. The van der Waals surface area contributed by atoms with Gasteiger partial charge in [-0.2, -0.15) is 26.3 Å². The van der Waals surface area contributed by atoms with E-state index in [1.54, 1.807) is 0 Å². The van der Waals surface area contributed by atoms with E-state index in [1.807, 2.05) is 0 Å². The van der Waals surface area contributed by atoms with Crippen molar-refractivity contribution < 1.29 is 31.4 Å². The highest BCUT2D eigenvalue weighted by atomic mass is 32.1. The molecule has 0 aromatic carbocycles. The predicted molar refractivity (Wildman–Crippen MR) is 63.6 cm³/mol. The Morgan fingerprint density at radius 3 is 2.29 bits per heavy atom. The second-order valence-electron chi connectivity index (χ2n) is 5.11. The first-order valence-corrected chi connectivity index (χ1v) is 7.20. The summed E-state index contributed by atoms with van der Waals surface area (Å²) in [6.07, 6.45) is -8.88. The summed E-state index contributed by atoms with van der Waals surface area (Å²) in [6, 6.07) is 0. The predicted octanol–water partition coefficient (Wildman–Crippen LogP) is 4.56. The summed E-state index contributed by atoms with van der Waals surface area (Å²) in [7, 11) is 0. The van der Waals surface area contributed by atoms with E-state index in [-0.39, 0.29) is 29.1 Å². The number of aliphatic hydroxyl groups is 1. The fourth-order valence-electron chi connectivity index (χ4n) is 2.71. The zero-order valence-electron chi connectivity index (χ0n) is 10.7. The van der Waals surface area contributed by atoms with Crippen LogP contribution in [0.25, 0.3) is 0 Å². The summed E-state index contributed by atoms with van der Waals surface area (Å²) in [5.74, 6) is -2.79. The van der Waals surface area contributed by atoms with Gasteiger partial charge in [0.15, 0.2) is 5.01 Å². The fourth-order valence-corrected chi connectivity index (χ4v) is 3.55. The Labute approximate surface area is 120 Å². The SMILES string of the molecule is OC(c1cnc(C(F)(F)F)s1)C1CCCCC1C(F)(F)F. The molecule has 0 amide bonds. The van der Waals surface area contributed by atoms with Gasteiger partial charge < -0.3 is 5.11 Å². The fraction of sp³-hybridized carbons (Fsp3) is 0.750. The van der Waals surface area contributed by atoms with Crippen molar-refractivity contribution in [1.29, 1.82) is 0 Å². The van der Waals surface area contributed by atoms with Crippen LogP contribution < -0.4 is 0 Å². The molecule has 1 aromatic heterocycles. The van der Waals surface area contributed by atoms with Gasteiger partial charge in [0, 0.05) is 12.1 Å². The monoisotopic (exact) mass is 333 g/mol. The van der Waals surface area contributed by atoms with Crippen LogP contribution in [0, 0.1) is 11.8 Å². The van der Waals surface area contributed by atoms with Crippen molar-refractivity contribution in [1.82, 2.24) is 4.98 Å². The van der Waals surface area contributed by atoms with Gasteiger partial charge in [0.1, 0.15) is 0 Å². The lowest BCUT2D eigenvalue weighted by Gasteiger charge is -2.35. The number of hydrogen-bond donors (Lipinski definition) is 1. The summed E-state index contributed by atoms with van der Waals surface area (Å²) >= 11 is 0.201. The topological polar surface area (TPSA) is 33.1 Å². The van der Waals surface area contributed by atoms with Crippen LogP contribution in [0.1, 0.15) is 41.7 Å². The highest BCUT2D eigenvalue weighted by Crippen LogP contribution is 2.47. The van der Waals surface area contributed by atoms with E-state index >= 15 is 0 Å². The number of hydrogen-bond acceptors (Lipinski definition) is 3. The molecule has 3 atom stereocenters. The number of aliphatic hydroxyl groups excluding tert-OH is 1. The van der Waals surface area contributed by atoms with Crippen LogP contribution in [0.15, 0.2) is 6.20 Å². The summed E-state index contributed by atoms with van der Waals surface area (Å²) in [6.45, 7) is 0. The van der Waals surface area contributed by atoms with E-state index in [2.05, 4.69) is 4.98 Å². The molecule has 1 N–H and O–H groups in total. The zero-order chi connectivity index (χ0) is 15.8. The van der Waals surface area contributed by atoms with Gasteiger partial charge in [-0.05, 0) is 12.8 Å². The van der Waals surface area contributed by atoms with E-state index in [0.717, 1.165) is 6.20 Å². The molecule has 1 fully saturated rings. The van der Waals surface area contributed by atoms with E-state index < -0.39 is 35.3 Å². The largest absolute Gasteiger partial charge is 0.443 e. The first kappa shape index (κ1) is 16.5. The van der Waals surface area contributed by atoms with Crippen LogP contribution in [-0.4, -0.2) is 16.3 Å². The Bertz CT molecular complexity index is 483. The molecule has 0 spiro atoms. The van der Waals surface area contributed by atoms with Gasteiger partial charge in [-0.25, -0.2) is 4.98 Å². The normalized spacial score (nSPS) is 25.9. The van der Waals surface area contributed by atoms with Crippen LogP contribution in [0.2, 0.25) is 0 Å². The summed E-state index contributed by atoms with van der Waals surface area (Å²) in [5, 5.41) is 8.90. The van der Waals surface area contributed by atoms with Crippen molar-refractivity contribution in [3.8, 4) is 0 Å². The lowest BCUT2D eigenvalue weighted by molar-refractivity contribution is -0.207. The first-order chi connectivity index (χ1) is 9.60. The quantitative estimate of drug-likeness (QED) is 0.805. The zero-order valence-corrected chi connectivity index (χ0v) is 11.5. The number of thiazole rings is 1. The van der Waals surface area contributed by atoms with Gasteiger partial charge in [0.2, 0.25) is 0 Å². The Hall–Kier alpha value is -0.830. The molecule has 0 aliphatic heterocycles. The molecule has 21 heavy (non-hydrogen) atoms. The van der Waals surface area contributed by atoms with Crippen LogP contribution in [0.4, 0.5) is 26.3 Å². The molecular formula is C12H13F6NOS. The highest BCUT2D eigenvalue weighted by Gasteiger charge is 2.48. The number of halogens is 6. The van der Waals surface area contributed by atoms with Gasteiger partial charge in [-0.1, -0.05) is 12.8 Å². The third-order valence-corrected chi connectivity index (χ3v) is 4.82. The number of alkyl halides is 6. The van der Waals surface area contributed by atoms with Crippen LogP contribution in [0.5, 0.6) is 0 Å². The minimum atomic E-state index is -4.65. The maximum atomic E-state index is 13.0. The third kappa shape index (κ3) is 3.68. The van der Waals surface area contributed by atoms with E-state index in [4.69, 9.17) is 0 Å². The number of nitrogens with zero attached hydrogens (tertiary/aromatic N) is 1. The molecule has 0 bridgehead atoms. The average molecular weight is 333 g/mol. The molecule has 1 saturated carbocycles. The molecule has 2 nitrogen and oxygen atoms in total. The lowest BCUT2D eigenvalue weighted by Crippen LogP contribution is -2.36. The third-order valence-electron chi connectivity index (χ3n) is 3.70. The Morgan fingerprint density at radius 1 is 1.14 bits per heavy atom. The molecule has 3 unspecified atom stereocenters. The van der Waals surface area contributed by atoms with E-state index in [1.165, 1.54) is 0 Å². The Morgan fingerprint density at radius 2 is 1.76 bits per heavy atom. The van der Waals surface area contributed by atoms with Gasteiger partial charge in [0.05, 0.1) is 16.9 Å². The molecule has 1 heterocycles. The van der Waals surface area contributed by atoms with Crippen molar-refractivity contribution in [3.63, 3.8) is 0 Å². The summed E-state index contributed by atoms with van der Waals surface area (Å²) < 4.78 is 76.3. The van der Waals surface area contributed by atoms with E-state index in [0.29, 0.717) is 12.8 Å². The van der Waals surface area contributed by atoms with Crippen molar-refractivity contribution in [2.75, 3.05) is 0 Å². The standard InChI is InChI=1S/C12H13F6NOS/c13-11(14,15)7-4-2-1-3-6(7)9(20)8-5-19-10(21-8)12(16,17)18/h5-7,9,20H,1-4H2. The number of rotatable bonds is 2. The van der Waals surface area contributed by atoms with Gasteiger partial charge in [0.25, 0.3) is 0 Å². The van der Waals surface area contributed by atoms with Crippen LogP contribution >= 0.6 is 11.3 Å². The molecule has 0 radical (unpaired) electrons. The second-order valence-corrected chi connectivity index (χ2v) is 6.17. The average Bonchev–Trinajstić information content (AvgIpc) is 2.86. The van der Waals surface area contributed by atoms with Gasteiger partial charge >= 0.3 is 12.4 Å². The molecule has 0 saturated heterocycles. The van der Waals surface area contributed by atoms with Crippen LogP contribution in [-0.2, 0) is 6.18 Å². The molecule has 120 valence electrons. The summed E-state index contributed by atoms with van der Waals surface area (Å²) in [5.41, 5.74) is 0. The van der Waals surface area contributed by atoms with Crippen molar-refractivity contribution in [2.24, 2.45) is 11.8 Å². The van der Waals surface area contributed by atoms with Gasteiger partial charge in [-0.15, -0.1) is 11.3 Å². The first-order valence-electron chi connectivity index (χ1n) is 6.38. The van der Waals surface area contributed by atoms with Crippen molar-refractivity contribution >= 4 is 11.3 Å². The van der Waals surface area contributed by atoms with Crippen LogP contribution in [0.3, 0.4) is 0 Å². The summed E-state index contributed by atoms with van der Waals surface area (Å²) in [4.78, 5) is 2.98. The molecule has 2 rings (SSSR count). The molecule has 9 heteroatoms. The molecule has 1 aliphatic carbocycles. The lowest BCUT2D eigenvalue weighted by atomic mass is 9.75.